The monoisotopic (exact) mass is 1390 g/mol. The molecule has 0 aliphatic rings. The van der Waals surface area contributed by atoms with Crippen LogP contribution in [0.1, 0.15) is 64.8 Å². The fourth-order valence-electron chi connectivity index (χ4n) is 19.5. The number of rotatable bonds is 22. The molecule has 2 aromatic carbocycles. The van der Waals surface area contributed by atoms with E-state index in [1.807, 2.05) is 37.8 Å². The first kappa shape index (κ1) is 71.7. The Labute approximate surface area is 487 Å². The van der Waals surface area contributed by atoms with Crippen LogP contribution in [0.15, 0.2) is 24.3 Å². The first-order chi connectivity index (χ1) is 31.4. The summed E-state index contributed by atoms with van der Waals surface area (Å²) in [7, 11) is -24.5. The van der Waals surface area contributed by atoms with E-state index >= 15 is 0 Å². The molecular formula is C58H128GeSi13Te. The quantitative estimate of drug-likeness (QED) is 0.103. The van der Waals surface area contributed by atoms with Gasteiger partial charge < -0.3 is 0 Å². The molecule has 0 amide bonds. The van der Waals surface area contributed by atoms with Crippen molar-refractivity contribution in [2.45, 2.75) is 291 Å². The molecule has 0 bridgehead atoms. The first-order valence-electron chi connectivity index (χ1n) is 29.3. The molecule has 0 aliphatic carbocycles. The number of benzene rings is 2. The van der Waals surface area contributed by atoms with E-state index in [-0.39, 0.29) is 0 Å². The fraction of sp³-hybridized carbons (Fsp3) is 0.793. The molecule has 0 radical (unpaired) electrons. The van der Waals surface area contributed by atoms with Crippen molar-refractivity contribution in [3.8, 4) is 0 Å². The van der Waals surface area contributed by atoms with Gasteiger partial charge in [-0.05, 0) is 0 Å². The Morgan fingerprint density at radius 3 is 0.712 bits per heavy atom. The van der Waals surface area contributed by atoms with Crippen molar-refractivity contribution in [3.63, 3.8) is 0 Å². The molecular weight excluding hydrogens is 1260 g/mol. The summed E-state index contributed by atoms with van der Waals surface area (Å²) in [5.41, 5.74) is 13.4. The van der Waals surface area contributed by atoms with E-state index in [2.05, 4.69) is 299 Å². The van der Waals surface area contributed by atoms with Crippen molar-refractivity contribution in [1.82, 2.24) is 0 Å². The van der Waals surface area contributed by atoms with Gasteiger partial charge in [0.25, 0.3) is 0 Å². The van der Waals surface area contributed by atoms with Crippen LogP contribution in [0.3, 0.4) is 0 Å². The third-order valence-corrected chi connectivity index (χ3v) is 93.7. The SMILES string of the molecule is C[Si](C)(C)C(c1cc(C([Si](C)(C)C)[Si](C)(C)C)c([CH2][Ge](=[Te])[c]2c(C([Si](C)(C)C)[Si](C)(C)C)cc(C([Si](C)(C)C)([Si](C)(C)C)[Si](C)(C)C)cc2C([Si](C)(C)C)[Si](C)(C)C)c(C([Si](C)(C)C)[Si](C)(C)C)c1)[Si](C)(C)C. The van der Waals surface area contributed by atoms with Crippen LogP contribution in [-0.2, 0) is 9.54 Å². The van der Waals surface area contributed by atoms with Gasteiger partial charge in [-0.1, -0.05) is 0 Å². The molecule has 0 unspecified atom stereocenters. The van der Waals surface area contributed by atoms with Crippen LogP contribution < -0.4 is 4.40 Å². The van der Waals surface area contributed by atoms with Crippen LogP contribution in [0.5, 0.6) is 0 Å². The van der Waals surface area contributed by atoms with Crippen molar-refractivity contribution < 1.29 is 0 Å². The zero-order valence-electron chi connectivity index (χ0n) is 56.8. The summed E-state index contributed by atoms with van der Waals surface area (Å²) >= 11 is 2.87. The fourth-order valence-corrected chi connectivity index (χ4v) is 124. The van der Waals surface area contributed by atoms with E-state index in [4.69, 9.17) is 0 Å². The molecule has 2 aromatic rings. The second kappa shape index (κ2) is 22.6. The maximum atomic E-state index is 3.13. The summed E-state index contributed by atoms with van der Waals surface area (Å²) in [6.07, 6.45) is 0. The van der Waals surface area contributed by atoms with Gasteiger partial charge in [-0.2, -0.15) is 0 Å². The Balaban J connectivity index is 3.99. The van der Waals surface area contributed by atoms with Gasteiger partial charge in [0.2, 0.25) is 0 Å². The predicted octanol–water partition coefficient (Wildman–Crippen LogP) is 19.9. The molecule has 0 aliphatic heterocycles. The molecule has 2 rings (SSSR count). The van der Waals surface area contributed by atoms with Crippen LogP contribution >= 0.6 is 0 Å². The van der Waals surface area contributed by atoms with E-state index in [1.54, 1.807) is 5.56 Å². The van der Waals surface area contributed by atoms with Crippen LogP contribution in [0.2, 0.25) is 255 Å². The van der Waals surface area contributed by atoms with E-state index in [1.165, 1.54) is 5.25 Å². The van der Waals surface area contributed by atoms with Gasteiger partial charge in [0.15, 0.2) is 0 Å². The number of hydrogen-bond donors (Lipinski definition) is 0. The predicted molar refractivity (Wildman–Crippen MR) is 387 cm³/mol. The average molecular weight is 1390 g/mol. The normalized spacial score (nSPS) is 15.5. The molecule has 0 saturated heterocycles. The standard InChI is InChI=1S/C58H128GeSi13Te/c1-60(2,3)53(61(4,5)6)45-40-47(54(62(7,8)9)63(10,11)12)51(48(41-45)55(64(13,14)15)65(16,17)18)44-59(73)52-49(56(66(19,20)21)67(22,23)24)42-46(43-50(52)57(68(25,26)27)69(28,29)30)58(70(31,32)33,71(34,35)36)72(37,38)39/h40-43,53-57H,44H2,1-39H3. The summed E-state index contributed by atoms with van der Waals surface area (Å²) in [6.45, 7) is 109. The van der Waals surface area contributed by atoms with Crippen LogP contribution in [0.4, 0.5) is 0 Å². The molecule has 422 valence electrons. The van der Waals surface area contributed by atoms with Gasteiger partial charge in [-0.25, -0.2) is 0 Å². The third-order valence-electron chi connectivity index (χ3n) is 17.2. The Morgan fingerprint density at radius 1 is 0.315 bits per heavy atom. The topological polar surface area (TPSA) is 0 Å². The van der Waals surface area contributed by atoms with Crippen LogP contribution in [-0.4, -0.2) is 135 Å². The second-order valence-electron chi connectivity index (χ2n) is 38.1. The van der Waals surface area contributed by atoms with Gasteiger partial charge >= 0.3 is 493 Å². The Hall–Kier alpha value is 2.59. The summed E-state index contributed by atoms with van der Waals surface area (Å²) in [5, 5.41) is 5.03. The summed E-state index contributed by atoms with van der Waals surface area (Å²) in [4.78, 5) is 0. The van der Waals surface area contributed by atoms with Crippen molar-refractivity contribution in [3.05, 3.63) is 63.2 Å². The van der Waals surface area contributed by atoms with E-state index < -0.39 is 115 Å². The van der Waals surface area contributed by atoms with Crippen LogP contribution in [0.25, 0.3) is 0 Å². The minimum absolute atomic E-state index is 0.347. The Morgan fingerprint density at radius 2 is 0.521 bits per heavy atom. The Bertz CT molecular complexity index is 2050. The van der Waals surface area contributed by atoms with Gasteiger partial charge in [0.05, 0.1) is 0 Å². The molecule has 0 aromatic heterocycles. The van der Waals surface area contributed by atoms with E-state index in [9.17, 15) is 0 Å². The van der Waals surface area contributed by atoms with Gasteiger partial charge in [0.1, 0.15) is 0 Å². The van der Waals surface area contributed by atoms with Gasteiger partial charge in [-0.15, -0.1) is 0 Å². The van der Waals surface area contributed by atoms with E-state index in [0.717, 1.165) is 25.8 Å². The molecule has 0 atom stereocenters. The zero-order valence-corrected chi connectivity index (χ0v) is 74.2. The van der Waals surface area contributed by atoms with Gasteiger partial charge in [0, 0.05) is 0 Å². The average Bonchev–Trinajstić information content (AvgIpc) is 2.97. The molecule has 73 heavy (non-hydrogen) atoms. The van der Waals surface area contributed by atoms with Crippen LogP contribution in [0, 0.1) is 0 Å². The zero-order chi connectivity index (χ0) is 58.6. The Kier molecular flexibility index (Phi) is 22.2. The molecule has 0 spiro atoms. The maximum absolute atomic E-state index is 3.13. The van der Waals surface area contributed by atoms with E-state index in [0.29, 0.717) is 4.28 Å². The molecule has 0 N–H and O–H groups in total. The third kappa shape index (κ3) is 16.2. The first-order valence-corrected chi connectivity index (χ1v) is 85.0. The number of hydrogen-bond acceptors (Lipinski definition) is 0. The molecule has 15 heteroatoms. The summed E-state index contributed by atoms with van der Waals surface area (Å²) in [6, 6.07) is 12.3. The van der Waals surface area contributed by atoms with Crippen molar-refractivity contribution in [2.75, 3.05) is 0 Å². The molecule has 0 heterocycles. The van der Waals surface area contributed by atoms with Crippen molar-refractivity contribution in [2.24, 2.45) is 0 Å². The molecule has 0 saturated carbocycles. The summed E-state index contributed by atoms with van der Waals surface area (Å²) < 4.78 is 2.40. The molecule has 0 nitrogen and oxygen atoms in total. The second-order valence-corrected chi connectivity index (χ2v) is 122. The van der Waals surface area contributed by atoms with Crippen molar-refractivity contribution >= 4 is 139 Å². The van der Waals surface area contributed by atoms with Gasteiger partial charge in [-0.3, -0.25) is 0 Å². The minimum atomic E-state index is -2.15. The summed E-state index contributed by atoms with van der Waals surface area (Å²) in [5.74, 6) is 0. The molecule has 0 fully saturated rings. The van der Waals surface area contributed by atoms with Crippen molar-refractivity contribution in [1.29, 1.82) is 0 Å².